The van der Waals surface area contributed by atoms with Gasteiger partial charge in [0.1, 0.15) is 0 Å². The summed E-state index contributed by atoms with van der Waals surface area (Å²) in [5.41, 5.74) is 5.27. The number of rotatable bonds is 4. The Morgan fingerprint density at radius 1 is 1.00 bits per heavy atom. The second-order valence-corrected chi connectivity index (χ2v) is 7.79. The number of piperidine rings is 1. The van der Waals surface area contributed by atoms with E-state index in [4.69, 9.17) is 0 Å². The number of amides is 1. The van der Waals surface area contributed by atoms with E-state index in [0.717, 1.165) is 47.3 Å². The summed E-state index contributed by atoms with van der Waals surface area (Å²) in [5, 5.41) is 3.09. The van der Waals surface area contributed by atoms with Gasteiger partial charge >= 0.3 is 0 Å². The van der Waals surface area contributed by atoms with Crippen LogP contribution < -0.4 is 10.2 Å². The number of aromatic nitrogens is 2. The first-order valence-corrected chi connectivity index (χ1v) is 10.1. The number of anilines is 2. The summed E-state index contributed by atoms with van der Waals surface area (Å²) >= 11 is 0. The van der Waals surface area contributed by atoms with Crippen LogP contribution in [0.2, 0.25) is 0 Å². The lowest BCUT2D eigenvalue weighted by Gasteiger charge is -2.32. The Labute approximate surface area is 171 Å². The van der Waals surface area contributed by atoms with Gasteiger partial charge in [-0.1, -0.05) is 36.4 Å². The Balaban J connectivity index is 1.43. The minimum atomic E-state index is -0.0676. The van der Waals surface area contributed by atoms with Gasteiger partial charge in [0.05, 0.1) is 5.92 Å². The molecule has 5 heteroatoms. The van der Waals surface area contributed by atoms with Crippen molar-refractivity contribution in [2.75, 3.05) is 23.3 Å². The molecule has 3 aromatic rings. The molecule has 1 aliphatic heterocycles. The van der Waals surface area contributed by atoms with E-state index < -0.39 is 0 Å². The van der Waals surface area contributed by atoms with Crippen LogP contribution in [0.15, 0.2) is 60.9 Å². The van der Waals surface area contributed by atoms with Gasteiger partial charge in [-0.05, 0) is 55.5 Å². The quantitative estimate of drug-likeness (QED) is 0.711. The fraction of sp³-hybridized carbons (Fsp3) is 0.292. The van der Waals surface area contributed by atoms with Crippen molar-refractivity contribution in [3.8, 4) is 11.1 Å². The lowest BCUT2D eigenvalue weighted by Crippen LogP contribution is -2.41. The topological polar surface area (TPSA) is 58.1 Å². The van der Waals surface area contributed by atoms with Gasteiger partial charge in [-0.25, -0.2) is 9.97 Å². The van der Waals surface area contributed by atoms with Gasteiger partial charge in [-0.3, -0.25) is 4.79 Å². The summed E-state index contributed by atoms with van der Waals surface area (Å²) in [6, 6.07) is 16.2. The van der Waals surface area contributed by atoms with Crippen LogP contribution in [0.4, 0.5) is 11.6 Å². The molecule has 1 aromatic heterocycles. The second kappa shape index (κ2) is 8.43. The highest BCUT2D eigenvalue weighted by atomic mass is 16.1. The highest BCUT2D eigenvalue weighted by molar-refractivity contribution is 5.93. The summed E-state index contributed by atoms with van der Waals surface area (Å²) in [6.07, 6.45) is 5.55. The SMILES string of the molecule is Cc1cc(C)cc(NC(=O)C2CCCN(c3ncc(-c4ccccc4)cn3)C2)c1. The van der Waals surface area contributed by atoms with E-state index in [9.17, 15) is 4.79 Å². The maximum atomic E-state index is 12.8. The molecule has 0 aliphatic carbocycles. The van der Waals surface area contributed by atoms with E-state index in [1.165, 1.54) is 0 Å². The molecule has 1 atom stereocenters. The lowest BCUT2D eigenvalue weighted by atomic mass is 9.97. The van der Waals surface area contributed by atoms with Gasteiger partial charge in [0.2, 0.25) is 11.9 Å². The zero-order valence-corrected chi connectivity index (χ0v) is 16.9. The third kappa shape index (κ3) is 4.62. The first-order valence-electron chi connectivity index (χ1n) is 10.1. The molecule has 148 valence electrons. The van der Waals surface area contributed by atoms with Crippen molar-refractivity contribution >= 4 is 17.5 Å². The normalized spacial score (nSPS) is 16.5. The van der Waals surface area contributed by atoms with Gasteiger partial charge < -0.3 is 10.2 Å². The van der Waals surface area contributed by atoms with E-state index in [1.807, 2.05) is 68.7 Å². The van der Waals surface area contributed by atoms with Crippen LogP contribution in [0.25, 0.3) is 11.1 Å². The van der Waals surface area contributed by atoms with Crippen molar-refractivity contribution in [2.45, 2.75) is 26.7 Å². The molecule has 0 bridgehead atoms. The molecule has 29 heavy (non-hydrogen) atoms. The molecule has 2 aromatic carbocycles. The summed E-state index contributed by atoms with van der Waals surface area (Å²) in [4.78, 5) is 24.1. The van der Waals surface area contributed by atoms with E-state index in [0.29, 0.717) is 12.5 Å². The molecule has 4 rings (SSSR count). The molecule has 5 nitrogen and oxygen atoms in total. The summed E-state index contributed by atoms with van der Waals surface area (Å²) in [6.45, 7) is 5.60. The van der Waals surface area contributed by atoms with Crippen LogP contribution in [-0.4, -0.2) is 29.0 Å². The van der Waals surface area contributed by atoms with Crippen molar-refractivity contribution in [1.29, 1.82) is 0 Å². The summed E-state index contributed by atoms with van der Waals surface area (Å²) in [5.74, 6) is 0.691. The Morgan fingerprint density at radius 2 is 1.69 bits per heavy atom. The number of hydrogen-bond donors (Lipinski definition) is 1. The average Bonchev–Trinajstić information content (AvgIpc) is 2.74. The standard InChI is InChI=1S/C24H26N4O/c1-17-11-18(2)13-22(12-17)27-23(29)20-9-6-10-28(16-20)24-25-14-21(15-26-24)19-7-4-3-5-8-19/h3-5,7-8,11-15,20H,6,9-10,16H2,1-2H3,(H,27,29). The van der Waals surface area contributed by atoms with Crippen LogP contribution in [0, 0.1) is 19.8 Å². The first-order chi connectivity index (χ1) is 14.1. The molecular weight excluding hydrogens is 360 g/mol. The Kier molecular flexibility index (Phi) is 5.56. The third-order valence-corrected chi connectivity index (χ3v) is 5.31. The number of nitrogens with zero attached hydrogens (tertiary/aromatic N) is 3. The average molecular weight is 386 g/mol. The number of hydrogen-bond acceptors (Lipinski definition) is 4. The largest absolute Gasteiger partial charge is 0.340 e. The molecule has 1 amide bonds. The minimum Gasteiger partial charge on any atom is -0.340 e. The van der Waals surface area contributed by atoms with E-state index in [-0.39, 0.29) is 11.8 Å². The van der Waals surface area contributed by atoms with Crippen molar-refractivity contribution in [3.05, 3.63) is 72.1 Å². The van der Waals surface area contributed by atoms with Crippen molar-refractivity contribution in [3.63, 3.8) is 0 Å². The number of benzene rings is 2. The van der Waals surface area contributed by atoms with Crippen LogP contribution in [0.3, 0.4) is 0 Å². The Bertz CT molecular complexity index is 965. The highest BCUT2D eigenvalue weighted by Crippen LogP contribution is 2.24. The van der Waals surface area contributed by atoms with E-state index in [1.54, 1.807) is 0 Å². The Hall–Kier alpha value is -3.21. The lowest BCUT2D eigenvalue weighted by molar-refractivity contribution is -0.120. The Morgan fingerprint density at radius 3 is 2.38 bits per heavy atom. The fourth-order valence-corrected chi connectivity index (χ4v) is 3.93. The number of carbonyl (C=O) groups excluding carboxylic acids is 1. The van der Waals surface area contributed by atoms with E-state index >= 15 is 0 Å². The molecule has 2 heterocycles. The second-order valence-electron chi connectivity index (χ2n) is 7.79. The van der Waals surface area contributed by atoms with Crippen LogP contribution in [-0.2, 0) is 4.79 Å². The maximum Gasteiger partial charge on any atom is 0.229 e. The van der Waals surface area contributed by atoms with Gasteiger partial charge in [-0.2, -0.15) is 0 Å². The van der Waals surface area contributed by atoms with Gasteiger partial charge in [0, 0.05) is 36.7 Å². The zero-order valence-electron chi connectivity index (χ0n) is 16.9. The zero-order chi connectivity index (χ0) is 20.2. The number of carbonyl (C=O) groups is 1. The molecular formula is C24H26N4O. The monoisotopic (exact) mass is 386 g/mol. The smallest absolute Gasteiger partial charge is 0.229 e. The number of nitrogens with one attached hydrogen (secondary N) is 1. The molecule has 1 N–H and O–H groups in total. The molecule has 0 saturated carbocycles. The molecule has 1 unspecified atom stereocenters. The fourth-order valence-electron chi connectivity index (χ4n) is 3.93. The van der Waals surface area contributed by atoms with Gasteiger partial charge in [0.15, 0.2) is 0 Å². The molecule has 1 aliphatic rings. The predicted molar refractivity (Wildman–Crippen MR) is 117 cm³/mol. The summed E-state index contributed by atoms with van der Waals surface area (Å²) in [7, 11) is 0. The first kappa shape index (κ1) is 19.1. The number of aryl methyl sites for hydroxylation is 2. The van der Waals surface area contributed by atoms with Gasteiger partial charge in [0.25, 0.3) is 0 Å². The van der Waals surface area contributed by atoms with Crippen molar-refractivity contribution in [2.24, 2.45) is 5.92 Å². The van der Waals surface area contributed by atoms with Gasteiger partial charge in [-0.15, -0.1) is 0 Å². The van der Waals surface area contributed by atoms with Crippen molar-refractivity contribution in [1.82, 2.24) is 9.97 Å². The van der Waals surface area contributed by atoms with Crippen LogP contribution >= 0.6 is 0 Å². The van der Waals surface area contributed by atoms with Crippen LogP contribution in [0.1, 0.15) is 24.0 Å². The molecule has 1 saturated heterocycles. The van der Waals surface area contributed by atoms with Crippen molar-refractivity contribution < 1.29 is 4.79 Å². The maximum absolute atomic E-state index is 12.8. The van der Waals surface area contributed by atoms with Crippen LogP contribution in [0.5, 0.6) is 0 Å². The molecule has 0 radical (unpaired) electrons. The molecule has 1 fully saturated rings. The molecule has 0 spiro atoms. The highest BCUT2D eigenvalue weighted by Gasteiger charge is 2.27. The van der Waals surface area contributed by atoms with E-state index in [2.05, 4.69) is 26.3 Å². The minimum absolute atomic E-state index is 0.0676. The predicted octanol–water partition coefficient (Wildman–Crippen LogP) is 4.62. The summed E-state index contributed by atoms with van der Waals surface area (Å²) < 4.78 is 0. The third-order valence-electron chi connectivity index (χ3n) is 5.31.